The molecule has 3 aromatic rings. The second-order valence-corrected chi connectivity index (χ2v) is 8.78. The molecule has 1 aromatic heterocycles. The summed E-state index contributed by atoms with van der Waals surface area (Å²) in [4.78, 5) is 35.2. The molecule has 2 N–H and O–H groups in total. The molecule has 2 aliphatic rings. The Morgan fingerprint density at radius 1 is 1.15 bits per heavy atom. The average molecular weight is 451 g/mol. The van der Waals surface area contributed by atoms with E-state index in [0.717, 1.165) is 44.8 Å². The van der Waals surface area contributed by atoms with E-state index in [4.69, 9.17) is 0 Å². The van der Waals surface area contributed by atoms with Crippen molar-refractivity contribution >= 4 is 28.1 Å². The molecule has 0 amide bonds. The first-order valence-electron chi connectivity index (χ1n) is 11.2. The van der Waals surface area contributed by atoms with Crippen LogP contribution in [0.25, 0.3) is 16.6 Å². The molecule has 0 unspecified atom stereocenters. The average Bonchev–Trinajstić information content (AvgIpc) is 3.08. The summed E-state index contributed by atoms with van der Waals surface area (Å²) in [5.41, 5.74) is 1.93. The highest BCUT2D eigenvalue weighted by Crippen LogP contribution is 2.31. The number of nitrogens with one attached hydrogen (secondary N) is 2. The summed E-state index contributed by atoms with van der Waals surface area (Å²) in [6.45, 7) is 4.96. The molecule has 1 fully saturated rings. The Kier molecular flexibility index (Phi) is 5.59. The lowest BCUT2D eigenvalue weighted by Crippen LogP contribution is -2.43. The SMILES string of the molecule is CN(C)CCCNc1cc2c(cc1F)C(=O)c1nc3cc(N4CCNCC4)ccc3c(=O)n1-2. The predicted octanol–water partition coefficient (Wildman–Crippen LogP) is 1.84. The number of nitrogens with zero attached hydrogens (tertiary/aromatic N) is 4. The van der Waals surface area contributed by atoms with Gasteiger partial charge in [-0.25, -0.2) is 9.37 Å². The smallest absolute Gasteiger partial charge is 0.266 e. The van der Waals surface area contributed by atoms with Gasteiger partial charge in [-0.2, -0.15) is 0 Å². The lowest BCUT2D eigenvalue weighted by Gasteiger charge is -2.29. The van der Waals surface area contributed by atoms with Crippen LogP contribution in [0.4, 0.5) is 15.8 Å². The number of ketones is 1. The fourth-order valence-electron chi connectivity index (χ4n) is 4.47. The number of benzene rings is 2. The van der Waals surface area contributed by atoms with Crippen molar-refractivity contribution in [1.29, 1.82) is 0 Å². The third-order valence-electron chi connectivity index (χ3n) is 6.21. The molecule has 172 valence electrons. The van der Waals surface area contributed by atoms with Crippen molar-refractivity contribution in [3.05, 3.63) is 57.9 Å². The molecule has 5 rings (SSSR count). The van der Waals surface area contributed by atoms with Gasteiger partial charge in [0.15, 0.2) is 5.82 Å². The number of fused-ring (bicyclic) bond motifs is 4. The van der Waals surface area contributed by atoms with Crippen molar-refractivity contribution in [3.8, 4) is 5.69 Å². The molecule has 3 heterocycles. The maximum Gasteiger partial charge on any atom is 0.266 e. The predicted molar refractivity (Wildman–Crippen MR) is 127 cm³/mol. The summed E-state index contributed by atoms with van der Waals surface area (Å²) in [6.07, 6.45) is 0.834. The van der Waals surface area contributed by atoms with E-state index in [1.54, 1.807) is 12.1 Å². The molecule has 9 heteroatoms. The van der Waals surface area contributed by atoms with Crippen LogP contribution in [0.3, 0.4) is 0 Å². The minimum absolute atomic E-state index is 0.0316. The maximum atomic E-state index is 14.7. The highest BCUT2D eigenvalue weighted by atomic mass is 19.1. The largest absolute Gasteiger partial charge is 0.383 e. The summed E-state index contributed by atoms with van der Waals surface area (Å²) in [5.74, 6) is -0.919. The molecule has 2 aliphatic heterocycles. The Morgan fingerprint density at radius 2 is 1.94 bits per heavy atom. The van der Waals surface area contributed by atoms with Gasteiger partial charge in [0, 0.05) is 38.4 Å². The van der Waals surface area contributed by atoms with E-state index in [0.29, 0.717) is 23.1 Å². The van der Waals surface area contributed by atoms with Crippen LogP contribution in [-0.2, 0) is 0 Å². The number of piperazine rings is 1. The number of aromatic nitrogens is 2. The molecule has 0 bridgehead atoms. The lowest BCUT2D eigenvalue weighted by atomic mass is 10.1. The highest BCUT2D eigenvalue weighted by molar-refractivity contribution is 6.13. The Hall–Kier alpha value is -3.30. The van der Waals surface area contributed by atoms with Crippen molar-refractivity contribution in [1.82, 2.24) is 19.8 Å². The van der Waals surface area contributed by atoms with Crippen molar-refractivity contribution < 1.29 is 9.18 Å². The quantitative estimate of drug-likeness (QED) is 0.434. The lowest BCUT2D eigenvalue weighted by molar-refractivity contribution is 0.103. The Balaban J connectivity index is 1.53. The van der Waals surface area contributed by atoms with Gasteiger partial charge in [-0.05, 0) is 57.4 Å². The zero-order valence-corrected chi connectivity index (χ0v) is 18.8. The van der Waals surface area contributed by atoms with Crippen LogP contribution in [0, 0.1) is 5.82 Å². The second-order valence-electron chi connectivity index (χ2n) is 8.78. The van der Waals surface area contributed by atoms with Gasteiger partial charge < -0.3 is 20.4 Å². The Bertz CT molecular complexity index is 1300. The molecule has 0 radical (unpaired) electrons. The number of hydrogen-bond acceptors (Lipinski definition) is 7. The Labute approximate surface area is 191 Å². The van der Waals surface area contributed by atoms with E-state index in [1.807, 2.05) is 26.2 Å². The van der Waals surface area contributed by atoms with Gasteiger partial charge in [0.25, 0.3) is 5.56 Å². The monoisotopic (exact) mass is 450 g/mol. The second kappa shape index (κ2) is 8.57. The number of anilines is 2. The minimum Gasteiger partial charge on any atom is -0.383 e. The van der Waals surface area contributed by atoms with Crippen molar-refractivity contribution in [3.63, 3.8) is 0 Å². The van der Waals surface area contributed by atoms with E-state index in [1.165, 1.54) is 10.6 Å². The zero-order chi connectivity index (χ0) is 23.1. The fourth-order valence-corrected chi connectivity index (χ4v) is 4.47. The zero-order valence-electron chi connectivity index (χ0n) is 18.8. The fraction of sp³-hybridized carbons (Fsp3) is 0.375. The summed E-state index contributed by atoms with van der Waals surface area (Å²) < 4.78 is 16.0. The third-order valence-corrected chi connectivity index (χ3v) is 6.21. The van der Waals surface area contributed by atoms with Gasteiger partial charge in [-0.3, -0.25) is 14.2 Å². The third kappa shape index (κ3) is 3.87. The van der Waals surface area contributed by atoms with Crippen LogP contribution in [0.1, 0.15) is 22.6 Å². The van der Waals surface area contributed by atoms with E-state index in [2.05, 4.69) is 25.4 Å². The van der Waals surface area contributed by atoms with Crippen LogP contribution in [-0.4, -0.2) is 73.6 Å². The molecule has 0 saturated carbocycles. The molecule has 0 atom stereocenters. The van der Waals surface area contributed by atoms with Gasteiger partial charge >= 0.3 is 0 Å². The number of halogens is 1. The first-order chi connectivity index (χ1) is 15.9. The van der Waals surface area contributed by atoms with Gasteiger partial charge in [0.1, 0.15) is 5.82 Å². The number of rotatable bonds is 6. The van der Waals surface area contributed by atoms with Gasteiger partial charge in [0.05, 0.1) is 27.8 Å². The Morgan fingerprint density at radius 3 is 2.70 bits per heavy atom. The van der Waals surface area contributed by atoms with Crippen LogP contribution in [0.2, 0.25) is 0 Å². The minimum atomic E-state index is -0.515. The van der Waals surface area contributed by atoms with Crippen molar-refractivity contribution in [2.45, 2.75) is 6.42 Å². The van der Waals surface area contributed by atoms with Crippen LogP contribution >= 0.6 is 0 Å². The molecule has 2 aromatic carbocycles. The number of carbonyl (C=O) groups is 1. The molecular formula is C24H27FN6O2. The summed E-state index contributed by atoms with van der Waals surface area (Å²) in [7, 11) is 3.96. The maximum absolute atomic E-state index is 14.7. The van der Waals surface area contributed by atoms with Gasteiger partial charge in [-0.15, -0.1) is 0 Å². The van der Waals surface area contributed by atoms with E-state index in [9.17, 15) is 14.0 Å². The van der Waals surface area contributed by atoms with Gasteiger partial charge in [0.2, 0.25) is 5.78 Å². The first kappa shape index (κ1) is 21.5. The number of carbonyl (C=O) groups excluding carboxylic acids is 1. The van der Waals surface area contributed by atoms with Gasteiger partial charge in [-0.1, -0.05) is 0 Å². The molecule has 8 nitrogen and oxygen atoms in total. The van der Waals surface area contributed by atoms with Crippen LogP contribution < -0.4 is 21.1 Å². The molecule has 0 spiro atoms. The summed E-state index contributed by atoms with van der Waals surface area (Å²) in [6, 6.07) is 8.29. The molecule has 33 heavy (non-hydrogen) atoms. The topological polar surface area (TPSA) is 82.5 Å². The van der Waals surface area contributed by atoms with Crippen molar-refractivity contribution in [2.24, 2.45) is 0 Å². The number of hydrogen-bond donors (Lipinski definition) is 2. The standard InChI is InChI=1S/C24H27FN6O2/c1-29(2)9-3-6-27-20-14-21-17(13-18(20)25)22(32)23-28-19-12-15(30-10-7-26-8-11-30)4-5-16(19)24(33)31(21)23/h4-5,12-14,26-27H,3,6-11H2,1-2H3. The highest BCUT2D eigenvalue weighted by Gasteiger charge is 2.32. The molecule has 1 saturated heterocycles. The summed E-state index contributed by atoms with van der Waals surface area (Å²) in [5, 5.41) is 6.84. The van der Waals surface area contributed by atoms with E-state index in [-0.39, 0.29) is 22.6 Å². The summed E-state index contributed by atoms with van der Waals surface area (Å²) >= 11 is 0. The van der Waals surface area contributed by atoms with Crippen LogP contribution in [0.15, 0.2) is 35.1 Å². The molecule has 0 aliphatic carbocycles. The van der Waals surface area contributed by atoms with E-state index >= 15 is 0 Å². The van der Waals surface area contributed by atoms with E-state index < -0.39 is 11.6 Å². The molecular weight excluding hydrogens is 423 g/mol. The van der Waals surface area contributed by atoms with Crippen LogP contribution in [0.5, 0.6) is 0 Å². The normalized spacial score (nSPS) is 15.3. The van der Waals surface area contributed by atoms with Crippen molar-refractivity contribution in [2.75, 3.05) is 63.6 Å². The first-order valence-corrected chi connectivity index (χ1v) is 11.2.